The molecule has 8 heteroatoms. The van der Waals surface area contributed by atoms with Gasteiger partial charge in [0.05, 0.1) is 34.8 Å². The van der Waals surface area contributed by atoms with Gasteiger partial charge in [0.25, 0.3) is 5.91 Å². The second-order valence-corrected chi connectivity index (χ2v) is 8.90. The number of hydrogen-bond acceptors (Lipinski definition) is 4. The van der Waals surface area contributed by atoms with E-state index in [0.29, 0.717) is 33.4 Å². The summed E-state index contributed by atoms with van der Waals surface area (Å²) >= 11 is 6.18. The van der Waals surface area contributed by atoms with Crippen LogP contribution in [0.1, 0.15) is 35.2 Å². The number of carbonyl (C=O) groups is 2. The number of piperidine rings is 1. The van der Waals surface area contributed by atoms with E-state index in [1.54, 1.807) is 37.4 Å². The van der Waals surface area contributed by atoms with Crippen LogP contribution in [0.5, 0.6) is 5.75 Å². The van der Waals surface area contributed by atoms with Gasteiger partial charge in [-0.05, 0) is 74.2 Å². The lowest BCUT2D eigenvalue weighted by Gasteiger charge is -2.31. The number of methoxy groups -OCH3 is 1. The van der Waals surface area contributed by atoms with Crippen LogP contribution < -0.4 is 25.6 Å². The van der Waals surface area contributed by atoms with E-state index >= 15 is 0 Å². The molecule has 35 heavy (non-hydrogen) atoms. The second-order valence-electron chi connectivity index (χ2n) is 8.50. The monoisotopic (exact) mass is 492 g/mol. The second kappa shape index (κ2) is 11.1. The Labute approximate surface area is 210 Å². The van der Waals surface area contributed by atoms with E-state index in [2.05, 4.69) is 20.9 Å². The summed E-state index contributed by atoms with van der Waals surface area (Å²) in [5, 5.41) is 9.10. The molecule has 0 aliphatic carbocycles. The largest absolute Gasteiger partial charge is 0.495 e. The van der Waals surface area contributed by atoms with Crippen LogP contribution in [0.2, 0.25) is 5.02 Å². The number of benzene rings is 3. The highest BCUT2D eigenvalue weighted by atomic mass is 35.5. The molecule has 0 bridgehead atoms. The Hall–Kier alpha value is -3.71. The van der Waals surface area contributed by atoms with Gasteiger partial charge in [-0.25, -0.2) is 4.79 Å². The lowest BCUT2D eigenvalue weighted by atomic mass is 10.1. The van der Waals surface area contributed by atoms with Gasteiger partial charge in [0, 0.05) is 18.8 Å². The molecule has 1 fully saturated rings. The minimum Gasteiger partial charge on any atom is -0.495 e. The molecule has 0 aromatic heterocycles. The summed E-state index contributed by atoms with van der Waals surface area (Å²) in [4.78, 5) is 28.0. The number of nitrogens with zero attached hydrogens (tertiary/aromatic N) is 1. The Balaban J connectivity index is 1.59. The fourth-order valence-corrected chi connectivity index (χ4v) is 4.39. The number of hydrogen-bond donors (Lipinski definition) is 3. The molecule has 1 saturated heterocycles. The van der Waals surface area contributed by atoms with Crippen molar-refractivity contribution in [2.75, 3.05) is 41.0 Å². The molecule has 4 rings (SSSR count). The predicted octanol–water partition coefficient (Wildman–Crippen LogP) is 6.54. The molecule has 7 nitrogen and oxygen atoms in total. The minimum atomic E-state index is -0.401. The zero-order valence-corrected chi connectivity index (χ0v) is 20.6. The molecule has 182 valence electrons. The van der Waals surface area contributed by atoms with Gasteiger partial charge >= 0.3 is 6.03 Å². The van der Waals surface area contributed by atoms with Gasteiger partial charge in [-0.2, -0.15) is 0 Å². The molecule has 0 radical (unpaired) electrons. The number of amides is 3. The quantitative estimate of drug-likeness (QED) is 0.364. The molecule has 0 saturated carbocycles. The number of ether oxygens (including phenoxy) is 1. The number of urea groups is 1. The molecule has 0 atom stereocenters. The highest BCUT2D eigenvalue weighted by Gasteiger charge is 2.18. The average Bonchev–Trinajstić information content (AvgIpc) is 2.85. The van der Waals surface area contributed by atoms with E-state index in [1.165, 1.54) is 6.42 Å². The van der Waals surface area contributed by atoms with E-state index < -0.39 is 6.03 Å². The van der Waals surface area contributed by atoms with Gasteiger partial charge in [-0.15, -0.1) is 0 Å². The molecule has 0 spiro atoms. The summed E-state index contributed by atoms with van der Waals surface area (Å²) in [5.41, 5.74) is 4.03. The van der Waals surface area contributed by atoms with Crippen molar-refractivity contribution in [2.45, 2.75) is 26.2 Å². The lowest BCUT2D eigenvalue weighted by Crippen LogP contribution is -2.31. The van der Waals surface area contributed by atoms with Crippen molar-refractivity contribution in [2.24, 2.45) is 0 Å². The summed E-state index contributed by atoms with van der Waals surface area (Å²) in [6, 6.07) is 17.6. The van der Waals surface area contributed by atoms with Crippen molar-refractivity contribution >= 4 is 46.3 Å². The molecule has 1 aliphatic heterocycles. The van der Waals surface area contributed by atoms with Crippen molar-refractivity contribution in [1.82, 2.24) is 0 Å². The van der Waals surface area contributed by atoms with Gasteiger partial charge in [0.15, 0.2) is 0 Å². The number of anilines is 4. The Morgan fingerprint density at radius 1 is 0.886 bits per heavy atom. The molecule has 1 heterocycles. The first kappa shape index (κ1) is 24.4. The van der Waals surface area contributed by atoms with Gasteiger partial charge in [0.1, 0.15) is 5.75 Å². The fraction of sp³-hybridized carbons (Fsp3) is 0.259. The van der Waals surface area contributed by atoms with Crippen LogP contribution >= 0.6 is 11.6 Å². The average molecular weight is 493 g/mol. The lowest BCUT2D eigenvalue weighted by molar-refractivity contribution is 0.102. The molecule has 3 amide bonds. The predicted molar refractivity (Wildman–Crippen MR) is 142 cm³/mol. The Morgan fingerprint density at radius 2 is 1.63 bits per heavy atom. The maximum absolute atomic E-state index is 13.0. The molecule has 1 aliphatic rings. The minimum absolute atomic E-state index is 0.318. The van der Waals surface area contributed by atoms with Gasteiger partial charge in [-0.1, -0.05) is 29.8 Å². The van der Waals surface area contributed by atoms with Gasteiger partial charge in [0.2, 0.25) is 0 Å². The smallest absolute Gasteiger partial charge is 0.323 e. The number of halogens is 1. The Kier molecular flexibility index (Phi) is 7.77. The van der Waals surface area contributed by atoms with Gasteiger partial charge < -0.3 is 25.6 Å². The van der Waals surface area contributed by atoms with Crippen molar-refractivity contribution in [3.05, 3.63) is 76.8 Å². The van der Waals surface area contributed by atoms with E-state index in [1.807, 2.05) is 37.3 Å². The van der Waals surface area contributed by atoms with Crippen molar-refractivity contribution < 1.29 is 14.3 Å². The third-order valence-electron chi connectivity index (χ3n) is 5.92. The van der Waals surface area contributed by atoms with E-state index in [0.717, 1.165) is 37.2 Å². The fourth-order valence-electron chi connectivity index (χ4n) is 4.16. The summed E-state index contributed by atoms with van der Waals surface area (Å²) in [5.74, 6) is 0.254. The maximum atomic E-state index is 13.0. The number of carbonyl (C=O) groups excluding carboxylic acids is 2. The number of aryl methyl sites for hydroxylation is 1. The van der Waals surface area contributed by atoms with E-state index in [4.69, 9.17) is 16.3 Å². The molecule has 0 unspecified atom stereocenters. The van der Waals surface area contributed by atoms with Crippen LogP contribution in [-0.2, 0) is 0 Å². The standard InChI is InChI=1S/C27H29ClN4O3/c1-18-10-13-25(35-2)23(16-18)31-27(34)30-22-17-19(11-12-24(22)32-14-6-3-7-15-32)29-26(33)20-8-4-5-9-21(20)28/h4-5,8-13,16-17H,3,6-7,14-15H2,1-2H3,(H,29,33)(H2,30,31,34). The highest BCUT2D eigenvalue weighted by molar-refractivity contribution is 6.34. The summed E-state index contributed by atoms with van der Waals surface area (Å²) < 4.78 is 5.38. The van der Waals surface area contributed by atoms with Crippen molar-refractivity contribution in [3.63, 3.8) is 0 Å². The third-order valence-corrected chi connectivity index (χ3v) is 6.25. The molecular weight excluding hydrogens is 464 g/mol. The van der Waals surface area contributed by atoms with Crippen LogP contribution in [0.25, 0.3) is 0 Å². The number of rotatable bonds is 6. The first-order chi connectivity index (χ1) is 16.9. The number of nitrogens with one attached hydrogen (secondary N) is 3. The zero-order chi connectivity index (χ0) is 24.8. The Bertz CT molecular complexity index is 1220. The highest BCUT2D eigenvalue weighted by Crippen LogP contribution is 2.32. The Morgan fingerprint density at radius 3 is 2.37 bits per heavy atom. The normalized spacial score (nSPS) is 13.2. The summed E-state index contributed by atoms with van der Waals surface area (Å²) in [7, 11) is 1.56. The molecular formula is C27H29ClN4O3. The maximum Gasteiger partial charge on any atom is 0.323 e. The van der Waals surface area contributed by atoms with Gasteiger partial charge in [-0.3, -0.25) is 4.79 Å². The molecule has 3 aromatic carbocycles. The van der Waals surface area contributed by atoms with Crippen LogP contribution in [0.3, 0.4) is 0 Å². The first-order valence-electron chi connectivity index (χ1n) is 11.6. The van der Waals surface area contributed by atoms with Crippen molar-refractivity contribution in [1.29, 1.82) is 0 Å². The van der Waals surface area contributed by atoms with Crippen LogP contribution in [-0.4, -0.2) is 32.1 Å². The summed E-state index contributed by atoms with van der Waals surface area (Å²) in [6.45, 7) is 3.77. The first-order valence-corrected chi connectivity index (χ1v) is 12.0. The SMILES string of the molecule is COc1ccc(C)cc1NC(=O)Nc1cc(NC(=O)c2ccccc2Cl)ccc1N1CCCCC1. The van der Waals surface area contributed by atoms with E-state index in [-0.39, 0.29) is 5.91 Å². The van der Waals surface area contributed by atoms with E-state index in [9.17, 15) is 9.59 Å². The van der Waals surface area contributed by atoms with Crippen molar-refractivity contribution in [3.8, 4) is 5.75 Å². The molecule has 3 aromatic rings. The third kappa shape index (κ3) is 6.05. The molecule has 3 N–H and O–H groups in total. The zero-order valence-electron chi connectivity index (χ0n) is 19.9. The topological polar surface area (TPSA) is 82.7 Å². The van der Waals surface area contributed by atoms with Crippen LogP contribution in [0.4, 0.5) is 27.5 Å². The van der Waals surface area contributed by atoms with Crippen LogP contribution in [0.15, 0.2) is 60.7 Å². The van der Waals surface area contributed by atoms with Crippen LogP contribution in [0, 0.1) is 6.92 Å². The summed E-state index contributed by atoms with van der Waals surface area (Å²) in [6.07, 6.45) is 3.38.